The van der Waals surface area contributed by atoms with Crippen LogP contribution in [0, 0.1) is 0 Å². The summed E-state index contributed by atoms with van der Waals surface area (Å²) in [6, 6.07) is 8.08. The number of nitrogens with one attached hydrogen (secondary N) is 1. The second-order valence-electron chi connectivity index (χ2n) is 9.76. The molecule has 166 valence electrons. The average molecular weight is 433 g/mol. The summed E-state index contributed by atoms with van der Waals surface area (Å²) < 4.78 is 6.15. The molecule has 4 heterocycles. The van der Waals surface area contributed by atoms with Gasteiger partial charge < -0.3 is 14.5 Å². The van der Waals surface area contributed by atoms with Crippen molar-refractivity contribution in [1.29, 1.82) is 0 Å². The molecule has 32 heavy (non-hydrogen) atoms. The molecule has 8 nitrogen and oxygen atoms in total. The van der Waals surface area contributed by atoms with E-state index < -0.39 is 0 Å². The summed E-state index contributed by atoms with van der Waals surface area (Å²) in [5.74, 6) is 2.05. The van der Waals surface area contributed by atoms with Crippen molar-refractivity contribution in [3.05, 3.63) is 30.6 Å². The highest BCUT2D eigenvalue weighted by atomic mass is 16.5. The van der Waals surface area contributed by atoms with E-state index in [2.05, 4.69) is 38.1 Å². The van der Waals surface area contributed by atoms with Gasteiger partial charge in [0.25, 0.3) is 0 Å². The fourth-order valence-electron chi connectivity index (χ4n) is 5.14. The van der Waals surface area contributed by atoms with Crippen LogP contribution in [0.25, 0.3) is 22.3 Å². The molecule has 0 unspecified atom stereocenters. The van der Waals surface area contributed by atoms with Gasteiger partial charge in [0.15, 0.2) is 0 Å². The summed E-state index contributed by atoms with van der Waals surface area (Å²) in [4.78, 5) is 25.4. The Kier molecular flexibility index (Phi) is 4.22. The van der Waals surface area contributed by atoms with Gasteiger partial charge in [-0.3, -0.25) is 9.89 Å². The zero-order valence-electron chi connectivity index (χ0n) is 18.6. The van der Waals surface area contributed by atoms with Crippen LogP contribution in [0.4, 0.5) is 5.82 Å². The first-order valence-corrected chi connectivity index (χ1v) is 11.5. The van der Waals surface area contributed by atoms with Gasteiger partial charge in [0.2, 0.25) is 5.91 Å². The van der Waals surface area contributed by atoms with E-state index >= 15 is 0 Å². The summed E-state index contributed by atoms with van der Waals surface area (Å²) in [6.45, 7) is 3.91. The minimum Gasteiger partial charge on any atom is -0.488 e. The van der Waals surface area contributed by atoms with Gasteiger partial charge in [0.05, 0.1) is 11.2 Å². The van der Waals surface area contributed by atoms with Crippen LogP contribution in [0.3, 0.4) is 0 Å². The molecule has 3 aromatic rings. The van der Waals surface area contributed by atoms with E-state index in [0.29, 0.717) is 6.42 Å². The Morgan fingerprint density at radius 1 is 1.06 bits per heavy atom. The molecule has 1 amide bonds. The number of rotatable bonds is 4. The van der Waals surface area contributed by atoms with Gasteiger partial charge in [-0.2, -0.15) is 5.10 Å². The van der Waals surface area contributed by atoms with Crippen molar-refractivity contribution >= 4 is 22.6 Å². The normalized spacial score (nSPS) is 21.5. The SMILES string of the molecule is CN1C(=O)CCC12CCN(c1cc(-c3n[nH]c4ccc(OC5(C)CC5)cc34)ncn1)CC2. The van der Waals surface area contributed by atoms with E-state index in [1.54, 1.807) is 6.33 Å². The van der Waals surface area contributed by atoms with Gasteiger partial charge in [-0.05, 0) is 57.2 Å². The van der Waals surface area contributed by atoms with Crippen LogP contribution in [0.2, 0.25) is 0 Å². The molecule has 2 saturated heterocycles. The Hall–Kier alpha value is -3.16. The van der Waals surface area contributed by atoms with Crippen molar-refractivity contribution in [2.45, 2.75) is 56.6 Å². The Morgan fingerprint density at radius 2 is 1.88 bits per heavy atom. The van der Waals surface area contributed by atoms with Gasteiger partial charge >= 0.3 is 0 Å². The highest BCUT2D eigenvalue weighted by Gasteiger charge is 2.45. The number of carbonyl (C=O) groups excluding carboxylic acids is 1. The third-order valence-corrected chi connectivity index (χ3v) is 7.66. The lowest BCUT2D eigenvalue weighted by atomic mass is 9.85. The number of aromatic amines is 1. The summed E-state index contributed by atoms with van der Waals surface area (Å²) in [6.07, 6.45) is 7.39. The fourth-order valence-corrected chi connectivity index (χ4v) is 5.14. The topological polar surface area (TPSA) is 87.2 Å². The number of benzene rings is 1. The van der Waals surface area contributed by atoms with Crippen LogP contribution in [-0.4, -0.2) is 62.2 Å². The number of nitrogens with zero attached hydrogens (tertiary/aromatic N) is 5. The Morgan fingerprint density at radius 3 is 2.59 bits per heavy atom. The van der Waals surface area contributed by atoms with Crippen molar-refractivity contribution < 1.29 is 9.53 Å². The van der Waals surface area contributed by atoms with E-state index in [-0.39, 0.29) is 17.0 Å². The minimum absolute atomic E-state index is 0.0242. The summed E-state index contributed by atoms with van der Waals surface area (Å²) >= 11 is 0. The van der Waals surface area contributed by atoms with Gasteiger partial charge in [0.1, 0.15) is 29.2 Å². The zero-order chi connectivity index (χ0) is 21.9. The first-order valence-electron chi connectivity index (χ1n) is 11.5. The fraction of sp³-hybridized carbons (Fsp3) is 0.500. The van der Waals surface area contributed by atoms with Crippen molar-refractivity contribution in [3.63, 3.8) is 0 Å². The Labute approximate surface area is 187 Å². The number of amides is 1. The molecule has 1 spiro atoms. The second kappa shape index (κ2) is 6.92. The summed E-state index contributed by atoms with van der Waals surface area (Å²) in [7, 11) is 1.96. The van der Waals surface area contributed by atoms with Crippen LogP contribution in [-0.2, 0) is 4.79 Å². The third kappa shape index (κ3) is 3.20. The van der Waals surface area contributed by atoms with Crippen molar-refractivity contribution in [3.8, 4) is 17.1 Å². The first kappa shape index (κ1) is 19.5. The zero-order valence-corrected chi connectivity index (χ0v) is 18.6. The van der Waals surface area contributed by atoms with E-state index in [4.69, 9.17) is 4.74 Å². The molecule has 2 aliphatic heterocycles. The molecule has 3 fully saturated rings. The summed E-state index contributed by atoms with van der Waals surface area (Å²) in [5.41, 5.74) is 2.57. The molecule has 1 aliphatic carbocycles. The number of fused-ring (bicyclic) bond motifs is 1. The number of carbonyl (C=O) groups is 1. The smallest absolute Gasteiger partial charge is 0.222 e. The molecule has 1 saturated carbocycles. The number of hydrogen-bond donors (Lipinski definition) is 1. The second-order valence-corrected chi connectivity index (χ2v) is 9.76. The number of aromatic nitrogens is 4. The molecule has 6 rings (SSSR count). The van der Waals surface area contributed by atoms with E-state index in [9.17, 15) is 4.79 Å². The lowest BCUT2D eigenvalue weighted by molar-refractivity contribution is -0.130. The molecule has 3 aliphatic rings. The van der Waals surface area contributed by atoms with Gasteiger partial charge in [-0.1, -0.05) is 0 Å². The lowest BCUT2D eigenvalue weighted by Gasteiger charge is -2.43. The first-order chi connectivity index (χ1) is 15.4. The van der Waals surface area contributed by atoms with Gasteiger partial charge in [-0.15, -0.1) is 0 Å². The largest absolute Gasteiger partial charge is 0.488 e. The molecule has 0 radical (unpaired) electrons. The highest BCUT2D eigenvalue weighted by Crippen LogP contribution is 2.41. The minimum atomic E-state index is -0.0245. The van der Waals surface area contributed by atoms with E-state index in [0.717, 1.165) is 79.1 Å². The number of H-pyrrole nitrogens is 1. The maximum Gasteiger partial charge on any atom is 0.222 e. The molecule has 1 N–H and O–H groups in total. The number of piperidine rings is 1. The monoisotopic (exact) mass is 432 g/mol. The van der Waals surface area contributed by atoms with Crippen molar-refractivity contribution in [2.75, 3.05) is 25.0 Å². The van der Waals surface area contributed by atoms with Gasteiger partial charge in [-0.25, -0.2) is 9.97 Å². The van der Waals surface area contributed by atoms with Crippen LogP contribution >= 0.6 is 0 Å². The van der Waals surface area contributed by atoms with E-state index in [1.807, 2.05) is 30.1 Å². The molecule has 2 aromatic heterocycles. The van der Waals surface area contributed by atoms with Crippen LogP contribution in [0.1, 0.15) is 45.4 Å². The Bertz CT molecular complexity index is 1190. The number of anilines is 1. The maximum absolute atomic E-state index is 12.1. The standard InChI is InChI=1S/C24H28N6O2/c1-23(7-8-23)32-16-3-4-18-17(13-16)22(28-27-18)19-14-20(26-15-25-19)30-11-9-24(10-12-30)6-5-21(31)29(24)2/h3-4,13-15H,5-12H2,1-2H3,(H,27,28). The van der Waals surface area contributed by atoms with Crippen molar-refractivity contribution in [1.82, 2.24) is 25.1 Å². The summed E-state index contributed by atoms with van der Waals surface area (Å²) in [5, 5.41) is 8.66. The quantitative estimate of drug-likeness (QED) is 0.679. The molecule has 1 aromatic carbocycles. The Balaban J connectivity index is 1.25. The van der Waals surface area contributed by atoms with Crippen LogP contribution < -0.4 is 9.64 Å². The molecule has 0 atom stereocenters. The average Bonchev–Trinajstić information content (AvgIpc) is 3.28. The van der Waals surface area contributed by atoms with Gasteiger partial charge in [0, 0.05) is 43.5 Å². The predicted octanol–water partition coefficient (Wildman–Crippen LogP) is 3.54. The number of likely N-dealkylation sites (tertiary alicyclic amines) is 1. The lowest BCUT2D eigenvalue weighted by Crippen LogP contribution is -2.51. The predicted molar refractivity (Wildman–Crippen MR) is 122 cm³/mol. The molecule has 0 bridgehead atoms. The number of hydrogen-bond acceptors (Lipinski definition) is 6. The van der Waals surface area contributed by atoms with Crippen molar-refractivity contribution in [2.24, 2.45) is 0 Å². The molecular weight excluding hydrogens is 404 g/mol. The molecule has 8 heteroatoms. The van der Waals surface area contributed by atoms with Crippen LogP contribution in [0.15, 0.2) is 30.6 Å². The number of ether oxygens (including phenoxy) is 1. The van der Waals surface area contributed by atoms with Crippen LogP contribution in [0.5, 0.6) is 5.75 Å². The third-order valence-electron chi connectivity index (χ3n) is 7.66. The van der Waals surface area contributed by atoms with E-state index in [1.165, 1.54) is 0 Å². The maximum atomic E-state index is 12.1. The molecular formula is C24H28N6O2. The highest BCUT2D eigenvalue weighted by molar-refractivity contribution is 5.93.